The lowest BCUT2D eigenvalue weighted by Gasteiger charge is -2.05. The number of carbonyl (C=O) groups is 1. The van der Waals surface area contributed by atoms with Crippen molar-refractivity contribution in [3.8, 4) is 5.75 Å². The normalized spacial score (nSPS) is 10.3. The molecule has 120 valence electrons. The van der Waals surface area contributed by atoms with Gasteiger partial charge < -0.3 is 10.4 Å². The number of hydrogen-bond acceptors (Lipinski definition) is 7. The highest BCUT2D eigenvalue weighted by Crippen LogP contribution is 2.29. The van der Waals surface area contributed by atoms with Crippen molar-refractivity contribution >= 4 is 23.0 Å². The van der Waals surface area contributed by atoms with E-state index < -0.39 is 32.9 Å². The molecule has 0 bridgehead atoms. The van der Waals surface area contributed by atoms with Gasteiger partial charge in [-0.3, -0.25) is 29.7 Å². The van der Waals surface area contributed by atoms with Crippen molar-refractivity contribution in [3.63, 3.8) is 0 Å². The molecule has 11 nitrogen and oxygen atoms in total. The lowest BCUT2D eigenvalue weighted by Crippen LogP contribution is -2.14. The first-order valence-electron chi connectivity index (χ1n) is 6.19. The third-order valence-corrected chi connectivity index (χ3v) is 3.14. The van der Waals surface area contributed by atoms with Crippen LogP contribution in [0, 0.1) is 27.2 Å². The molecule has 0 saturated heterocycles. The van der Waals surface area contributed by atoms with E-state index in [-0.39, 0.29) is 17.1 Å². The van der Waals surface area contributed by atoms with Gasteiger partial charge in [-0.2, -0.15) is 5.10 Å². The van der Waals surface area contributed by atoms with Crippen molar-refractivity contribution in [3.05, 3.63) is 49.8 Å². The molecule has 0 spiro atoms. The van der Waals surface area contributed by atoms with Crippen LogP contribution in [0.25, 0.3) is 0 Å². The zero-order chi connectivity index (χ0) is 17.3. The molecule has 0 aliphatic carbocycles. The number of nitrogens with one attached hydrogen (secondary N) is 1. The highest BCUT2D eigenvalue weighted by molar-refractivity contribution is 6.06. The summed E-state index contributed by atoms with van der Waals surface area (Å²) in [4.78, 5) is 32.5. The van der Waals surface area contributed by atoms with Crippen LogP contribution < -0.4 is 5.32 Å². The number of aromatic nitrogens is 2. The molecule has 2 aromatic rings. The summed E-state index contributed by atoms with van der Waals surface area (Å²) >= 11 is 0. The fourth-order valence-electron chi connectivity index (χ4n) is 1.89. The van der Waals surface area contributed by atoms with Crippen LogP contribution >= 0.6 is 0 Å². The van der Waals surface area contributed by atoms with Crippen LogP contribution in [-0.4, -0.2) is 30.6 Å². The Kier molecular flexibility index (Phi) is 3.94. The van der Waals surface area contributed by atoms with E-state index in [0.29, 0.717) is 0 Å². The Morgan fingerprint density at radius 3 is 2.52 bits per heavy atom. The largest absolute Gasteiger partial charge is 0.506 e. The van der Waals surface area contributed by atoms with Gasteiger partial charge in [0.1, 0.15) is 11.4 Å². The summed E-state index contributed by atoms with van der Waals surface area (Å²) in [6.07, 6.45) is 0. The van der Waals surface area contributed by atoms with Crippen LogP contribution in [0.3, 0.4) is 0 Å². The fourth-order valence-corrected chi connectivity index (χ4v) is 1.89. The van der Waals surface area contributed by atoms with Crippen molar-refractivity contribution in [2.45, 2.75) is 6.92 Å². The van der Waals surface area contributed by atoms with E-state index in [9.17, 15) is 30.1 Å². The number of phenolic OH excluding ortho intramolecular Hbond substituents is 1. The second-order valence-corrected chi connectivity index (χ2v) is 4.58. The lowest BCUT2D eigenvalue weighted by molar-refractivity contribution is -0.385. The van der Waals surface area contributed by atoms with Gasteiger partial charge in [0.25, 0.3) is 11.6 Å². The smallest absolute Gasteiger partial charge is 0.322 e. The molecule has 0 radical (unpaired) electrons. The van der Waals surface area contributed by atoms with Crippen molar-refractivity contribution < 1.29 is 19.7 Å². The number of nitro benzene ring substituents is 1. The Labute approximate surface area is 128 Å². The van der Waals surface area contributed by atoms with Crippen LogP contribution in [0.1, 0.15) is 16.2 Å². The van der Waals surface area contributed by atoms with Gasteiger partial charge in [0, 0.05) is 19.2 Å². The summed E-state index contributed by atoms with van der Waals surface area (Å²) in [5.74, 6) is -1.38. The summed E-state index contributed by atoms with van der Waals surface area (Å²) in [5.41, 5.74) is -1.37. The number of hydrogen-bond donors (Lipinski definition) is 2. The Bertz CT molecular complexity index is 828. The molecule has 23 heavy (non-hydrogen) atoms. The van der Waals surface area contributed by atoms with Crippen LogP contribution in [0.2, 0.25) is 0 Å². The van der Waals surface area contributed by atoms with Gasteiger partial charge in [0.15, 0.2) is 0 Å². The van der Waals surface area contributed by atoms with Gasteiger partial charge >= 0.3 is 5.69 Å². The Balaban J connectivity index is 2.41. The van der Waals surface area contributed by atoms with E-state index in [0.717, 1.165) is 18.2 Å². The van der Waals surface area contributed by atoms with E-state index in [1.54, 1.807) is 0 Å². The summed E-state index contributed by atoms with van der Waals surface area (Å²) in [7, 11) is 1.43. The molecule has 1 heterocycles. The molecule has 2 rings (SSSR count). The monoisotopic (exact) mass is 321 g/mol. The van der Waals surface area contributed by atoms with Gasteiger partial charge in [0.05, 0.1) is 15.5 Å². The number of anilines is 1. The molecule has 0 aliphatic rings. The molecule has 0 unspecified atom stereocenters. The first kappa shape index (κ1) is 15.9. The molecule has 0 atom stereocenters. The minimum absolute atomic E-state index is 0.170. The van der Waals surface area contributed by atoms with Crippen molar-refractivity contribution in [1.29, 1.82) is 0 Å². The number of benzene rings is 1. The van der Waals surface area contributed by atoms with E-state index in [4.69, 9.17) is 0 Å². The first-order valence-corrected chi connectivity index (χ1v) is 6.19. The van der Waals surface area contributed by atoms with E-state index in [2.05, 4.69) is 10.4 Å². The predicted octanol–water partition coefficient (Wildman–Crippen LogP) is 1.50. The summed E-state index contributed by atoms with van der Waals surface area (Å²) in [6, 6.07) is 3.03. The summed E-state index contributed by atoms with van der Waals surface area (Å²) < 4.78 is 1.17. The molecule has 0 aliphatic heterocycles. The van der Waals surface area contributed by atoms with E-state index >= 15 is 0 Å². The summed E-state index contributed by atoms with van der Waals surface area (Å²) in [6.45, 7) is 1.42. The zero-order valence-electron chi connectivity index (χ0n) is 12.0. The Morgan fingerprint density at radius 2 is 1.96 bits per heavy atom. The van der Waals surface area contributed by atoms with Gasteiger partial charge in [-0.25, -0.2) is 0 Å². The van der Waals surface area contributed by atoms with E-state index in [1.165, 1.54) is 18.7 Å². The van der Waals surface area contributed by atoms with Gasteiger partial charge in [-0.05, 0) is 13.0 Å². The molecular formula is C12H11N5O6. The molecule has 2 N–H and O–H groups in total. The first-order chi connectivity index (χ1) is 10.7. The highest BCUT2D eigenvalue weighted by Gasteiger charge is 2.29. The average molecular weight is 321 g/mol. The summed E-state index contributed by atoms with van der Waals surface area (Å²) in [5, 5.41) is 37.4. The number of nitrogens with zero attached hydrogens (tertiary/aromatic N) is 4. The Morgan fingerprint density at radius 1 is 1.30 bits per heavy atom. The standard InChI is InChI=1S/C12H11N5O6/c1-6-11(17(22)23)10(14-15(6)2)12(19)13-8-5-7(16(20)21)3-4-9(8)18/h3-5,18H,1-2H3,(H,13,19). The fraction of sp³-hybridized carbons (Fsp3) is 0.167. The topological polar surface area (TPSA) is 153 Å². The van der Waals surface area contributed by atoms with Gasteiger partial charge in [0.2, 0.25) is 5.69 Å². The van der Waals surface area contributed by atoms with Gasteiger partial charge in [-0.1, -0.05) is 0 Å². The number of nitro groups is 2. The molecule has 1 amide bonds. The van der Waals surface area contributed by atoms with Gasteiger partial charge in [-0.15, -0.1) is 0 Å². The zero-order valence-corrected chi connectivity index (χ0v) is 12.0. The second kappa shape index (κ2) is 5.71. The number of non-ortho nitro benzene ring substituents is 1. The molecular weight excluding hydrogens is 310 g/mol. The second-order valence-electron chi connectivity index (χ2n) is 4.58. The number of aryl methyl sites for hydroxylation is 1. The lowest BCUT2D eigenvalue weighted by atomic mass is 10.2. The van der Waals surface area contributed by atoms with Crippen molar-refractivity contribution in [2.75, 3.05) is 5.32 Å². The van der Waals surface area contributed by atoms with Crippen molar-refractivity contribution in [2.24, 2.45) is 7.05 Å². The third kappa shape index (κ3) is 2.92. The van der Waals surface area contributed by atoms with E-state index in [1.807, 2.05) is 0 Å². The maximum Gasteiger partial charge on any atom is 0.322 e. The van der Waals surface area contributed by atoms with Crippen LogP contribution in [-0.2, 0) is 7.05 Å². The molecule has 11 heteroatoms. The van der Waals surface area contributed by atoms with Crippen LogP contribution in [0.4, 0.5) is 17.1 Å². The Hall–Kier alpha value is -3.50. The van der Waals surface area contributed by atoms with Crippen LogP contribution in [0.5, 0.6) is 5.75 Å². The number of carbonyl (C=O) groups excluding carboxylic acids is 1. The maximum atomic E-state index is 12.2. The number of aromatic hydroxyl groups is 1. The maximum absolute atomic E-state index is 12.2. The quantitative estimate of drug-likeness (QED) is 0.491. The third-order valence-electron chi connectivity index (χ3n) is 3.14. The minimum Gasteiger partial charge on any atom is -0.506 e. The minimum atomic E-state index is -0.962. The SMILES string of the molecule is Cc1c([N+](=O)[O-])c(C(=O)Nc2cc([N+](=O)[O-])ccc2O)nn1C. The average Bonchev–Trinajstić information content (AvgIpc) is 2.77. The predicted molar refractivity (Wildman–Crippen MR) is 77.3 cm³/mol. The highest BCUT2D eigenvalue weighted by atomic mass is 16.6. The van der Waals surface area contributed by atoms with Crippen molar-refractivity contribution in [1.82, 2.24) is 9.78 Å². The molecule has 1 aromatic heterocycles. The number of amides is 1. The number of rotatable bonds is 4. The molecule has 0 saturated carbocycles. The molecule has 0 fully saturated rings. The molecule has 1 aromatic carbocycles. The van der Waals surface area contributed by atoms with Crippen LogP contribution in [0.15, 0.2) is 18.2 Å². The number of phenols is 1.